The molecule has 3 rings (SSSR count). The van der Waals surface area contributed by atoms with Gasteiger partial charge in [0.2, 0.25) is 0 Å². The Balaban J connectivity index is 1.73. The smallest absolute Gasteiger partial charge is 0.345 e. The van der Waals surface area contributed by atoms with E-state index >= 15 is 0 Å². The molecule has 0 aliphatic carbocycles. The van der Waals surface area contributed by atoms with E-state index in [1.807, 2.05) is 6.07 Å². The minimum absolute atomic E-state index is 0.0175. The van der Waals surface area contributed by atoms with Crippen LogP contribution in [0.1, 0.15) is 28.8 Å². The van der Waals surface area contributed by atoms with Crippen LogP contribution in [0.25, 0.3) is 6.08 Å². The van der Waals surface area contributed by atoms with Crippen LogP contribution in [-0.4, -0.2) is 38.2 Å². The predicted octanol–water partition coefficient (Wildman–Crippen LogP) is 3.77. The van der Waals surface area contributed by atoms with Crippen LogP contribution in [0.3, 0.4) is 0 Å². The van der Waals surface area contributed by atoms with Gasteiger partial charge in [0.25, 0.3) is 5.91 Å². The van der Waals surface area contributed by atoms with Gasteiger partial charge in [-0.1, -0.05) is 29.8 Å². The summed E-state index contributed by atoms with van der Waals surface area (Å²) < 4.78 is 16.2. The van der Waals surface area contributed by atoms with E-state index in [0.29, 0.717) is 18.7 Å². The molecule has 160 valence electrons. The van der Waals surface area contributed by atoms with Gasteiger partial charge in [-0.3, -0.25) is 4.79 Å². The normalized spacial score (nSPS) is 15.8. The van der Waals surface area contributed by atoms with E-state index in [1.165, 1.54) is 19.3 Å². The topological polar surface area (TPSA) is 97.7 Å². The van der Waals surface area contributed by atoms with Crippen molar-refractivity contribution in [2.24, 2.45) is 0 Å². The zero-order valence-corrected chi connectivity index (χ0v) is 17.6. The van der Waals surface area contributed by atoms with E-state index in [0.717, 1.165) is 12.8 Å². The molecule has 0 aromatic heterocycles. The van der Waals surface area contributed by atoms with Crippen LogP contribution < -0.4 is 14.8 Å². The summed E-state index contributed by atoms with van der Waals surface area (Å²) in [4.78, 5) is 24.7. The molecule has 0 spiro atoms. The second-order valence-electron chi connectivity index (χ2n) is 6.79. The summed E-state index contributed by atoms with van der Waals surface area (Å²) in [5.74, 6) is -0.651. The van der Waals surface area contributed by atoms with E-state index in [9.17, 15) is 14.9 Å². The Morgan fingerprint density at radius 3 is 2.77 bits per heavy atom. The van der Waals surface area contributed by atoms with Crippen molar-refractivity contribution in [2.75, 3.05) is 20.3 Å². The lowest BCUT2D eigenvalue weighted by Gasteiger charge is -2.11. The van der Waals surface area contributed by atoms with Gasteiger partial charge in [0, 0.05) is 13.2 Å². The minimum Gasteiger partial charge on any atom is -0.493 e. The zero-order valence-electron chi connectivity index (χ0n) is 16.9. The zero-order chi connectivity index (χ0) is 22.2. The first-order valence-corrected chi connectivity index (χ1v) is 10.1. The molecule has 0 radical (unpaired) electrons. The van der Waals surface area contributed by atoms with E-state index in [1.54, 1.807) is 36.4 Å². The fourth-order valence-corrected chi connectivity index (χ4v) is 3.28. The number of methoxy groups -OCH3 is 1. The van der Waals surface area contributed by atoms with Gasteiger partial charge < -0.3 is 19.5 Å². The van der Waals surface area contributed by atoms with Gasteiger partial charge in [-0.2, -0.15) is 5.26 Å². The van der Waals surface area contributed by atoms with Crippen molar-refractivity contribution in [1.82, 2.24) is 5.32 Å². The van der Waals surface area contributed by atoms with E-state index in [2.05, 4.69) is 5.32 Å². The van der Waals surface area contributed by atoms with Gasteiger partial charge in [-0.25, -0.2) is 4.79 Å². The number of amides is 1. The molecule has 1 aliphatic rings. The number of nitrogens with zero attached hydrogens (tertiary/aromatic N) is 1. The number of benzene rings is 2. The molecule has 7 nitrogen and oxygen atoms in total. The standard InChI is InChI=1S/C23H21ClN2O5/c1-29-21-12-15(11-16(13-25)22(27)26-14-17-5-4-10-30-17)8-9-20(21)31-23(28)18-6-2-3-7-19(18)24/h2-3,6-9,11-12,17H,4-5,10,14H2,1H3,(H,26,27)/b16-11+. The third-order valence-corrected chi connectivity index (χ3v) is 5.00. The highest BCUT2D eigenvalue weighted by Gasteiger charge is 2.18. The lowest BCUT2D eigenvalue weighted by molar-refractivity contribution is -0.117. The maximum atomic E-state index is 12.4. The molecule has 2 aromatic carbocycles. The number of halogens is 1. The van der Waals surface area contributed by atoms with Gasteiger partial charge >= 0.3 is 5.97 Å². The van der Waals surface area contributed by atoms with E-state index in [-0.39, 0.29) is 33.8 Å². The summed E-state index contributed by atoms with van der Waals surface area (Å²) in [5.41, 5.74) is 0.712. The van der Waals surface area contributed by atoms with Crippen molar-refractivity contribution in [3.63, 3.8) is 0 Å². The van der Waals surface area contributed by atoms with Gasteiger partial charge in [-0.05, 0) is 48.7 Å². The van der Waals surface area contributed by atoms with Crippen molar-refractivity contribution in [3.05, 3.63) is 64.2 Å². The molecule has 1 saturated heterocycles. The van der Waals surface area contributed by atoms with Crippen LogP contribution in [0.15, 0.2) is 48.0 Å². The molecule has 1 N–H and O–H groups in total. The third kappa shape index (κ3) is 5.85. The second-order valence-corrected chi connectivity index (χ2v) is 7.20. The summed E-state index contributed by atoms with van der Waals surface area (Å²) in [7, 11) is 1.43. The number of rotatable bonds is 7. The number of ether oxygens (including phenoxy) is 3. The lowest BCUT2D eigenvalue weighted by Crippen LogP contribution is -2.32. The molecule has 1 amide bonds. The molecule has 0 bridgehead atoms. The average Bonchev–Trinajstić information content (AvgIpc) is 3.30. The first kappa shape index (κ1) is 22.3. The Hall–Kier alpha value is -3.34. The predicted molar refractivity (Wildman–Crippen MR) is 115 cm³/mol. The number of nitriles is 1. The Morgan fingerprint density at radius 2 is 2.10 bits per heavy atom. The molecule has 31 heavy (non-hydrogen) atoms. The molecule has 2 aromatic rings. The summed E-state index contributed by atoms with van der Waals surface area (Å²) >= 11 is 6.04. The molecule has 1 heterocycles. The molecule has 1 aliphatic heterocycles. The lowest BCUT2D eigenvalue weighted by atomic mass is 10.1. The minimum atomic E-state index is -0.626. The monoisotopic (exact) mass is 440 g/mol. The maximum Gasteiger partial charge on any atom is 0.345 e. The number of carbonyl (C=O) groups is 2. The van der Waals surface area contributed by atoms with Crippen molar-refractivity contribution < 1.29 is 23.8 Å². The van der Waals surface area contributed by atoms with E-state index in [4.69, 9.17) is 25.8 Å². The second kappa shape index (κ2) is 10.6. The highest BCUT2D eigenvalue weighted by molar-refractivity contribution is 6.33. The average molecular weight is 441 g/mol. The van der Waals surface area contributed by atoms with E-state index < -0.39 is 11.9 Å². The number of carbonyl (C=O) groups excluding carboxylic acids is 2. The maximum absolute atomic E-state index is 12.4. The summed E-state index contributed by atoms with van der Waals surface area (Å²) in [5, 5.41) is 12.4. The van der Waals surface area contributed by atoms with Crippen LogP contribution in [0.2, 0.25) is 5.02 Å². The van der Waals surface area contributed by atoms with Crippen molar-refractivity contribution in [2.45, 2.75) is 18.9 Å². The summed E-state index contributed by atoms with van der Waals surface area (Å²) in [6, 6.07) is 13.2. The highest BCUT2D eigenvalue weighted by Crippen LogP contribution is 2.30. The van der Waals surface area contributed by atoms with Gasteiger partial charge in [-0.15, -0.1) is 0 Å². The molecule has 0 saturated carbocycles. The van der Waals surface area contributed by atoms with Crippen LogP contribution in [0.5, 0.6) is 11.5 Å². The number of nitrogens with one attached hydrogen (secondary N) is 1. The Bertz CT molecular complexity index is 1040. The molecular formula is C23H21ClN2O5. The van der Waals surface area contributed by atoms with Gasteiger partial charge in [0.1, 0.15) is 11.6 Å². The molecule has 1 atom stereocenters. The van der Waals surface area contributed by atoms with Crippen LogP contribution in [-0.2, 0) is 9.53 Å². The fraction of sp³-hybridized carbons (Fsp3) is 0.261. The van der Waals surface area contributed by atoms with Crippen LogP contribution in [0.4, 0.5) is 0 Å². The molecule has 1 fully saturated rings. The first-order valence-electron chi connectivity index (χ1n) is 9.68. The Labute approximate surface area is 185 Å². The Morgan fingerprint density at radius 1 is 1.29 bits per heavy atom. The van der Waals surface area contributed by atoms with Crippen molar-refractivity contribution in [1.29, 1.82) is 5.26 Å². The SMILES string of the molecule is COc1cc(/C=C(\C#N)C(=O)NCC2CCCO2)ccc1OC(=O)c1ccccc1Cl. The fourth-order valence-electron chi connectivity index (χ4n) is 3.06. The first-order chi connectivity index (χ1) is 15.0. The molecule has 1 unspecified atom stereocenters. The van der Waals surface area contributed by atoms with Gasteiger partial charge in [0.15, 0.2) is 11.5 Å². The molecular weight excluding hydrogens is 420 g/mol. The third-order valence-electron chi connectivity index (χ3n) is 4.67. The number of esters is 1. The number of hydrogen-bond donors (Lipinski definition) is 1. The summed E-state index contributed by atoms with van der Waals surface area (Å²) in [6.07, 6.45) is 3.27. The van der Waals surface area contributed by atoms with Gasteiger partial charge in [0.05, 0.1) is 23.8 Å². The quantitative estimate of drug-likeness (QED) is 0.304. The van der Waals surface area contributed by atoms with Crippen LogP contribution in [0, 0.1) is 11.3 Å². The summed E-state index contributed by atoms with van der Waals surface area (Å²) in [6.45, 7) is 1.05. The largest absolute Gasteiger partial charge is 0.493 e. The van der Waals surface area contributed by atoms with Crippen LogP contribution >= 0.6 is 11.6 Å². The number of hydrogen-bond acceptors (Lipinski definition) is 6. The highest BCUT2D eigenvalue weighted by atomic mass is 35.5. The van der Waals surface area contributed by atoms with Crippen molar-refractivity contribution >= 4 is 29.6 Å². The molecule has 8 heteroatoms. The Kier molecular flexibility index (Phi) is 7.65. The van der Waals surface area contributed by atoms with Crippen molar-refractivity contribution in [3.8, 4) is 17.6 Å².